The molecule has 0 aliphatic rings. The number of benzene rings is 1. The van der Waals surface area contributed by atoms with Crippen LogP contribution >= 0.6 is 0 Å². The van der Waals surface area contributed by atoms with E-state index in [1.54, 1.807) is 7.05 Å². The van der Waals surface area contributed by atoms with E-state index >= 15 is 0 Å². The first-order valence-electron chi connectivity index (χ1n) is 4.16. The van der Waals surface area contributed by atoms with Crippen LogP contribution in [-0.2, 0) is 0 Å². The van der Waals surface area contributed by atoms with E-state index in [-0.39, 0.29) is 0 Å². The van der Waals surface area contributed by atoms with Gasteiger partial charge in [0.2, 0.25) is 0 Å². The third-order valence-electron chi connectivity index (χ3n) is 1.84. The topological polar surface area (TPSA) is 12.4 Å². The highest BCUT2D eigenvalue weighted by atomic mass is 14.6. The minimum Gasteiger partial charge on any atom is -0.296 e. The maximum absolute atomic E-state index is 3.99. The molecule has 0 radical (unpaired) electrons. The van der Waals surface area contributed by atoms with Crippen LogP contribution in [0, 0.1) is 6.92 Å². The number of hydrogen-bond donors (Lipinski definition) is 0. The van der Waals surface area contributed by atoms with Gasteiger partial charge in [0, 0.05) is 13.3 Å². The van der Waals surface area contributed by atoms with E-state index in [0.29, 0.717) is 0 Å². The van der Waals surface area contributed by atoms with Gasteiger partial charge in [0.1, 0.15) is 0 Å². The summed E-state index contributed by atoms with van der Waals surface area (Å²) in [7, 11) is 1.77. The Labute approximate surface area is 79.1 Å². The highest BCUT2D eigenvalue weighted by Crippen LogP contribution is 2.10. The van der Waals surface area contributed by atoms with Crippen molar-refractivity contribution in [2.75, 3.05) is 7.05 Å². The fourth-order valence-electron chi connectivity index (χ4n) is 1.14. The standard InChI is InChI=1S/C12H13N/c1-4-5-11-7-6-10(2)12(8-11)9-13-3/h5-9H,1H2,2-3H3. The molecule has 0 fully saturated rings. The van der Waals surface area contributed by atoms with Gasteiger partial charge in [0.05, 0.1) is 0 Å². The van der Waals surface area contributed by atoms with Gasteiger partial charge in [-0.25, -0.2) is 0 Å². The van der Waals surface area contributed by atoms with Gasteiger partial charge in [0.15, 0.2) is 0 Å². The molecular weight excluding hydrogens is 158 g/mol. The molecule has 0 aliphatic carbocycles. The van der Waals surface area contributed by atoms with Crippen molar-refractivity contribution in [3.63, 3.8) is 0 Å². The third kappa shape index (κ3) is 2.43. The fourth-order valence-corrected chi connectivity index (χ4v) is 1.14. The Hall–Kier alpha value is -1.59. The summed E-state index contributed by atoms with van der Waals surface area (Å²) in [5.41, 5.74) is 6.23. The molecule has 1 aromatic rings. The van der Waals surface area contributed by atoms with Crippen LogP contribution in [0.2, 0.25) is 0 Å². The maximum atomic E-state index is 3.99. The molecule has 0 saturated carbocycles. The fraction of sp³-hybridized carbons (Fsp3) is 0.167. The molecule has 1 aromatic carbocycles. The summed E-state index contributed by atoms with van der Waals surface area (Å²) in [5, 5.41) is 0. The summed E-state index contributed by atoms with van der Waals surface area (Å²) in [4.78, 5) is 3.99. The van der Waals surface area contributed by atoms with E-state index in [9.17, 15) is 0 Å². The van der Waals surface area contributed by atoms with Crippen LogP contribution in [0.4, 0.5) is 0 Å². The average Bonchev–Trinajstić information content (AvgIpc) is 2.12. The van der Waals surface area contributed by atoms with Crippen molar-refractivity contribution in [3.05, 3.63) is 47.2 Å². The first-order chi connectivity index (χ1) is 6.27. The van der Waals surface area contributed by atoms with Gasteiger partial charge >= 0.3 is 0 Å². The smallest absolute Gasteiger partial charge is 0.0284 e. The second kappa shape index (κ2) is 4.44. The van der Waals surface area contributed by atoms with Crippen LogP contribution in [-0.4, -0.2) is 13.3 Å². The number of nitrogens with zero attached hydrogens (tertiary/aromatic N) is 1. The SMILES string of the molecule is C=C=Cc1ccc(C)c(C=NC)c1. The molecule has 1 nitrogen and oxygen atoms in total. The molecule has 0 bridgehead atoms. The Bertz CT molecular complexity index is 369. The van der Waals surface area contributed by atoms with Crippen molar-refractivity contribution in [3.8, 4) is 0 Å². The summed E-state index contributed by atoms with van der Waals surface area (Å²) >= 11 is 0. The van der Waals surface area contributed by atoms with E-state index in [0.717, 1.165) is 11.1 Å². The van der Waals surface area contributed by atoms with E-state index < -0.39 is 0 Å². The lowest BCUT2D eigenvalue weighted by Gasteiger charge is -2.00. The van der Waals surface area contributed by atoms with Crippen molar-refractivity contribution < 1.29 is 0 Å². The Morgan fingerprint density at radius 1 is 1.46 bits per heavy atom. The van der Waals surface area contributed by atoms with Crippen molar-refractivity contribution in [2.45, 2.75) is 6.92 Å². The van der Waals surface area contributed by atoms with Crippen molar-refractivity contribution in [1.82, 2.24) is 0 Å². The summed E-state index contributed by atoms with van der Waals surface area (Å²) in [6.07, 6.45) is 3.71. The summed E-state index contributed by atoms with van der Waals surface area (Å²) in [6.45, 7) is 5.61. The number of hydrogen-bond acceptors (Lipinski definition) is 1. The van der Waals surface area contributed by atoms with Crippen molar-refractivity contribution in [2.24, 2.45) is 4.99 Å². The largest absolute Gasteiger partial charge is 0.296 e. The number of aryl methyl sites for hydroxylation is 1. The third-order valence-corrected chi connectivity index (χ3v) is 1.84. The Morgan fingerprint density at radius 3 is 2.85 bits per heavy atom. The van der Waals surface area contributed by atoms with E-state index in [1.807, 2.05) is 18.4 Å². The predicted molar refractivity (Wildman–Crippen MR) is 58.3 cm³/mol. The summed E-state index contributed by atoms with van der Waals surface area (Å²) < 4.78 is 0. The summed E-state index contributed by atoms with van der Waals surface area (Å²) in [6, 6.07) is 6.18. The highest BCUT2D eigenvalue weighted by molar-refractivity contribution is 5.82. The number of rotatable bonds is 2. The van der Waals surface area contributed by atoms with Crippen LogP contribution in [0.1, 0.15) is 16.7 Å². The molecule has 13 heavy (non-hydrogen) atoms. The van der Waals surface area contributed by atoms with Crippen molar-refractivity contribution in [1.29, 1.82) is 0 Å². The second-order valence-corrected chi connectivity index (χ2v) is 2.85. The van der Waals surface area contributed by atoms with Gasteiger partial charge in [-0.05, 0) is 35.8 Å². The molecule has 0 amide bonds. The van der Waals surface area contributed by atoms with Crippen molar-refractivity contribution >= 4 is 12.3 Å². The van der Waals surface area contributed by atoms with Gasteiger partial charge in [-0.1, -0.05) is 18.7 Å². The Balaban J connectivity index is 3.18. The molecule has 0 atom stereocenters. The lowest BCUT2D eigenvalue weighted by molar-refractivity contribution is 1.41. The molecule has 1 rings (SSSR count). The van der Waals surface area contributed by atoms with E-state index in [1.165, 1.54) is 5.56 Å². The van der Waals surface area contributed by atoms with Crippen LogP contribution in [0.3, 0.4) is 0 Å². The quantitative estimate of drug-likeness (QED) is 0.479. The van der Waals surface area contributed by atoms with Gasteiger partial charge in [-0.2, -0.15) is 0 Å². The minimum absolute atomic E-state index is 1.11. The van der Waals surface area contributed by atoms with Gasteiger partial charge in [-0.3, -0.25) is 4.99 Å². The normalized spacial score (nSPS) is 10.0. The number of aliphatic imine (C=N–C) groups is 1. The first-order valence-corrected chi connectivity index (χ1v) is 4.16. The van der Waals surface area contributed by atoms with E-state index in [4.69, 9.17) is 0 Å². The monoisotopic (exact) mass is 171 g/mol. The van der Waals surface area contributed by atoms with E-state index in [2.05, 4.69) is 36.4 Å². The molecule has 0 heterocycles. The second-order valence-electron chi connectivity index (χ2n) is 2.85. The lowest BCUT2D eigenvalue weighted by atomic mass is 10.1. The molecule has 0 saturated heterocycles. The molecule has 0 unspecified atom stereocenters. The van der Waals surface area contributed by atoms with Gasteiger partial charge in [-0.15, -0.1) is 5.73 Å². The van der Waals surface area contributed by atoms with Crippen LogP contribution in [0.5, 0.6) is 0 Å². The molecular formula is C12H13N. The minimum atomic E-state index is 1.11. The van der Waals surface area contributed by atoms with Crippen LogP contribution < -0.4 is 0 Å². The first kappa shape index (κ1) is 9.50. The highest BCUT2D eigenvalue weighted by Gasteiger charge is 1.94. The molecule has 1 heteroatoms. The predicted octanol–water partition coefficient (Wildman–Crippen LogP) is 2.84. The zero-order valence-corrected chi connectivity index (χ0v) is 8.04. The van der Waals surface area contributed by atoms with Gasteiger partial charge in [0.25, 0.3) is 0 Å². The zero-order chi connectivity index (χ0) is 9.68. The maximum Gasteiger partial charge on any atom is 0.0284 e. The summed E-state index contributed by atoms with van der Waals surface area (Å²) in [5.74, 6) is 0. The average molecular weight is 171 g/mol. The zero-order valence-electron chi connectivity index (χ0n) is 8.04. The Kier molecular flexibility index (Phi) is 3.24. The molecule has 0 spiro atoms. The Morgan fingerprint density at radius 2 is 2.23 bits per heavy atom. The van der Waals surface area contributed by atoms with Gasteiger partial charge < -0.3 is 0 Å². The molecule has 0 aromatic heterocycles. The molecule has 66 valence electrons. The van der Waals surface area contributed by atoms with Crippen LogP contribution in [0.25, 0.3) is 6.08 Å². The lowest BCUT2D eigenvalue weighted by Crippen LogP contribution is -1.87. The molecule has 0 N–H and O–H groups in total. The van der Waals surface area contributed by atoms with Crippen LogP contribution in [0.15, 0.2) is 35.5 Å². The molecule has 0 aliphatic heterocycles.